The molecule has 0 radical (unpaired) electrons. The van der Waals surface area contributed by atoms with Gasteiger partial charge in [-0.15, -0.1) is 0 Å². The number of nitrogens with zero attached hydrogens (tertiary/aromatic N) is 1. The molecule has 88 valence electrons. The Morgan fingerprint density at radius 1 is 1.12 bits per heavy atom. The molecule has 2 rings (SSSR count). The smallest absolute Gasteiger partial charge is 0.123 e. The Balaban J connectivity index is 2.59. The number of aliphatic hydroxyl groups is 1. The summed E-state index contributed by atoms with van der Waals surface area (Å²) < 4.78 is 0. The zero-order chi connectivity index (χ0) is 12.4. The van der Waals surface area contributed by atoms with Crippen LogP contribution in [0.15, 0.2) is 30.3 Å². The maximum atomic E-state index is 9.26. The van der Waals surface area contributed by atoms with Crippen molar-refractivity contribution in [3.63, 3.8) is 0 Å². The van der Waals surface area contributed by atoms with Gasteiger partial charge in [-0.3, -0.25) is 0 Å². The van der Waals surface area contributed by atoms with Gasteiger partial charge in [-0.25, -0.2) is 4.98 Å². The summed E-state index contributed by atoms with van der Waals surface area (Å²) in [4.78, 5) is 4.07. The van der Waals surface area contributed by atoms with Gasteiger partial charge in [0.2, 0.25) is 0 Å². The normalized spacial score (nSPS) is 10.5. The van der Waals surface area contributed by atoms with E-state index in [1.165, 1.54) is 0 Å². The summed E-state index contributed by atoms with van der Waals surface area (Å²) in [7, 11) is 0. The molecule has 0 aliphatic heterocycles. The van der Waals surface area contributed by atoms with Crippen LogP contribution in [-0.2, 0) is 6.61 Å². The van der Waals surface area contributed by atoms with E-state index in [0.29, 0.717) is 21.6 Å². The first-order valence-electron chi connectivity index (χ1n) is 4.93. The molecule has 0 aliphatic carbocycles. The van der Waals surface area contributed by atoms with Crippen LogP contribution >= 0.6 is 23.2 Å². The summed E-state index contributed by atoms with van der Waals surface area (Å²) in [6.45, 7) is -0.190. The average Bonchev–Trinajstić information content (AvgIpc) is 2.27. The molecule has 0 bridgehead atoms. The maximum Gasteiger partial charge on any atom is 0.123 e. The number of benzene rings is 1. The van der Waals surface area contributed by atoms with Crippen molar-refractivity contribution in [1.82, 2.24) is 4.98 Å². The van der Waals surface area contributed by atoms with Gasteiger partial charge >= 0.3 is 0 Å². The molecule has 17 heavy (non-hydrogen) atoms. The fourth-order valence-electron chi connectivity index (χ4n) is 1.61. The third kappa shape index (κ3) is 2.69. The van der Waals surface area contributed by atoms with Crippen molar-refractivity contribution >= 4 is 29.0 Å². The van der Waals surface area contributed by atoms with Crippen LogP contribution in [0.4, 0.5) is 5.82 Å². The fourth-order valence-corrected chi connectivity index (χ4v) is 2.14. The van der Waals surface area contributed by atoms with Crippen molar-refractivity contribution < 1.29 is 5.11 Å². The summed E-state index contributed by atoms with van der Waals surface area (Å²) in [5.74, 6) is 0.367. The van der Waals surface area contributed by atoms with E-state index in [4.69, 9.17) is 28.9 Å². The second-order valence-corrected chi connectivity index (χ2v) is 4.42. The SMILES string of the molecule is Nc1ccc(-c2cc(Cl)cc(Cl)c2)c(CO)n1. The van der Waals surface area contributed by atoms with E-state index in [2.05, 4.69) is 4.98 Å². The Labute approximate surface area is 109 Å². The highest BCUT2D eigenvalue weighted by Gasteiger charge is 2.08. The minimum absolute atomic E-state index is 0.190. The van der Waals surface area contributed by atoms with Crippen molar-refractivity contribution in [2.45, 2.75) is 6.61 Å². The Kier molecular flexibility index (Phi) is 3.52. The predicted molar refractivity (Wildman–Crippen MR) is 70.0 cm³/mol. The Hall–Kier alpha value is -1.29. The molecule has 1 aromatic carbocycles. The van der Waals surface area contributed by atoms with Crippen molar-refractivity contribution in [2.75, 3.05) is 5.73 Å². The Morgan fingerprint density at radius 2 is 1.76 bits per heavy atom. The molecule has 0 unspecified atom stereocenters. The molecule has 0 fully saturated rings. The molecular weight excluding hydrogens is 259 g/mol. The zero-order valence-electron chi connectivity index (χ0n) is 8.82. The number of aliphatic hydroxyl groups excluding tert-OH is 1. The number of hydrogen-bond donors (Lipinski definition) is 2. The monoisotopic (exact) mass is 268 g/mol. The molecule has 3 N–H and O–H groups in total. The topological polar surface area (TPSA) is 59.1 Å². The highest BCUT2D eigenvalue weighted by molar-refractivity contribution is 6.35. The van der Waals surface area contributed by atoms with Crippen LogP contribution in [0.1, 0.15) is 5.69 Å². The van der Waals surface area contributed by atoms with E-state index in [1.54, 1.807) is 30.3 Å². The molecule has 0 saturated heterocycles. The first-order chi connectivity index (χ1) is 8.10. The summed E-state index contributed by atoms with van der Waals surface area (Å²) in [6, 6.07) is 8.63. The number of nitrogen functional groups attached to an aromatic ring is 1. The van der Waals surface area contributed by atoms with Crippen molar-refractivity contribution in [1.29, 1.82) is 0 Å². The third-order valence-corrected chi connectivity index (χ3v) is 2.76. The predicted octanol–water partition coefficient (Wildman–Crippen LogP) is 3.13. The molecular formula is C12H10Cl2N2O. The van der Waals surface area contributed by atoms with Gasteiger partial charge < -0.3 is 10.8 Å². The number of hydrogen-bond acceptors (Lipinski definition) is 3. The second-order valence-electron chi connectivity index (χ2n) is 3.55. The quantitative estimate of drug-likeness (QED) is 0.880. The van der Waals surface area contributed by atoms with Gasteiger partial charge in [0.15, 0.2) is 0 Å². The Morgan fingerprint density at radius 3 is 2.35 bits per heavy atom. The third-order valence-electron chi connectivity index (χ3n) is 2.32. The molecule has 1 heterocycles. The van der Waals surface area contributed by atoms with Gasteiger partial charge in [0.1, 0.15) is 5.82 Å². The molecule has 5 heteroatoms. The minimum Gasteiger partial charge on any atom is -0.390 e. The average molecular weight is 269 g/mol. The van der Waals surface area contributed by atoms with Crippen LogP contribution in [0.5, 0.6) is 0 Å². The van der Waals surface area contributed by atoms with Crippen LogP contribution in [0.3, 0.4) is 0 Å². The lowest BCUT2D eigenvalue weighted by Gasteiger charge is -2.08. The molecule has 3 nitrogen and oxygen atoms in total. The van der Waals surface area contributed by atoms with Gasteiger partial charge in [-0.1, -0.05) is 23.2 Å². The summed E-state index contributed by atoms with van der Waals surface area (Å²) >= 11 is 11.9. The van der Waals surface area contributed by atoms with Crippen LogP contribution in [0.2, 0.25) is 10.0 Å². The highest BCUT2D eigenvalue weighted by Crippen LogP contribution is 2.29. The van der Waals surface area contributed by atoms with Crippen LogP contribution in [0, 0.1) is 0 Å². The first-order valence-corrected chi connectivity index (χ1v) is 5.68. The molecule has 0 aliphatic rings. The van der Waals surface area contributed by atoms with E-state index in [0.717, 1.165) is 11.1 Å². The molecule has 0 atom stereocenters. The van der Waals surface area contributed by atoms with Crippen LogP contribution in [0.25, 0.3) is 11.1 Å². The van der Waals surface area contributed by atoms with Crippen LogP contribution < -0.4 is 5.73 Å². The number of rotatable bonds is 2. The lowest BCUT2D eigenvalue weighted by molar-refractivity contribution is 0.277. The van der Waals surface area contributed by atoms with Gasteiger partial charge in [0.25, 0.3) is 0 Å². The van der Waals surface area contributed by atoms with E-state index < -0.39 is 0 Å². The molecule has 2 aromatic rings. The summed E-state index contributed by atoms with van der Waals surface area (Å²) in [5, 5.41) is 10.3. The molecule has 0 amide bonds. The lowest BCUT2D eigenvalue weighted by Crippen LogP contribution is -1.98. The molecule has 1 aromatic heterocycles. The van der Waals surface area contributed by atoms with Crippen molar-refractivity contribution in [3.05, 3.63) is 46.1 Å². The minimum atomic E-state index is -0.190. The summed E-state index contributed by atoms with van der Waals surface area (Å²) in [5.41, 5.74) is 7.64. The van der Waals surface area contributed by atoms with E-state index in [-0.39, 0.29) is 6.61 Å². The number of halogens is 2. The van der Waals surface area contributed by atoms with Crippen LogP contribution in [-0.4, -0.2) is 10.1 Å². The highest BCUT2D eigenvalue weighted by atomic mass is 35.5. The lowest BCUT2D eigenvalue weighted by atomic mass is 10.0. The molecule has 0 saturated carbocycles. The molecule has 0 spiro atoms. The summed E-state index contributed by atoms with van der Waals surface area (Å²) in [6.07, 6.45) is 0. The number of nitrogens with two attached hydrogens (primary N) is 1. The van der Waals surface area contributed by atoms with Gasteiger partial charge in [-0.05, 0) is 35.9 Å². The van der Waals surface area contributed by atoms with E-state index in [9.17, 15) is 5.11 Å². The van der Waals surface area contributed by atoms with Crippen molar-refractivity contribution in [3.8, 4) is 11.1 Å². The zero-order valence-corrected chi connectivity index (χ0v) is 10.3. The van der Waals surface area contributed by atoms with Gasteiger partial charge in [-0.2, -0.15) is 0 Å². The van der Waals surface area contributed by atoms with Gasteiger partial charge in [0.05, 0.1) is 12.3 Å². The standard InChI is InChI=1S/C12H10Cl2N2O/c13-8-3-7(4-9(14)5-8)10-1-2-12(15)16-11(10)6-17/h1-5,17H,6H2,(H2,15,16). The number of pyridine rings is 1. The van der Waals surface area contributed by atoms with E-state index in [1.807, 2.05) is 0 Å². The first kappa shape index (κ1) is 12.2. The largest absolute Gasteiger partial charge is 0.390 e. The maximum absolute atomic E-state index is 9.26. The van der Waals surface area contributed by atoms with Gasteiger partial charge in [0, 0.05) is 15.6 Å². The van der Waals surface area contributed by atoms with Crippen molar-refractivity contribution in [2.24, 2.45) is 0 Å². The Bertz CT molecular complexity index is 538. The second kappa shape index (κ2) is 4.92. The number of aromatic nitrogens is 1. The number of anilines is 1. The van der Waals surface area contributed by atoms with E-state index >= 15 is 0 Å². The fraction of sp³-hybridized carbons (Fsp3) is 0.0833.